The third-order valence-electron chi connectivity index (χ3n) is 8.32. The molecule has 254 valence electrons. The fraction of sp³-hybridized carbons (Fsp3) is 0.565. The number of fused-ring (bicyclic) bond motifs is 4. The van der Waals surface area contributed by atoms with Gasteiger partial charge in [0.05, 0.1) is 32.0 Å². The Morgan fingerprint density at radius 1 is 0.809 bits per heavy atom. The Morgan fingerprint density at radius 3 is 1.81 bits per heavy atom. The Balaban J connectivity index is 1.17. The second kappa shape index (κ2) is 11.5. The normalized spacial score (nSPS) is 36.9. The maximum absolute atomic E-state index is 13.3. The summed E-state index contributed by atoms with van der Waals surface area (Å²) in [6, 6.07) is 0. The second-order valence-corrected chi connectivity index (χ2v) is 14.2. The third kappa shape index (κ3) is 5.79. The molecule has 24 heteroatoms. The smallest absolute Gasteiger partial charge is 0.369 e. The van der Waals surface area contributed by atoms with Gasteiger partial charge in [-0.3, -0.25) is 46.8 Å². The molecular weight excluding hydrogens is 670 g/mol. The van der Waals surface area contributed by atoms with Gasteiger partial charge >= 0.3 is 15.6 Å². The van der Waals surface area contributed by atoms with Gasteiger partial charge in [0.25, 0.3) is 11.1 Å². The van der Waals surface area contributed by atoms with Crippen molar-refractivity contribution in [2.75, 3.05) is 24.7 Å². The first-order valence-electron chi connectivity index (χ1n) is 14.3. The number of nitrogens with zero attached hydrogens (tertiary/aromatic N) is 6. The van der Waals surface area contributed by atoms with Crippen LogP contribution in [-0.2, 0) is 36.7 Å². The van der Waals surface area contributed by atoms with Gasteiger partial charge in [0.1, 0.15) is 30.8 Å². The average molecular weight is 700 g/mol. The van der Waals surface area contributed by atoms with Gasteiger partial charge in [-0.05, 0) is 0 Å². The Bertz CT molecular complexity index is 2070. The quantitative estimate of drug-likeness (QED) is 0.149. The first-order valence-corrected chi connectivity index (χ1v) is 17.3. The number of H-pyrrole nitrogens is 2. The maximum Gasteiger partial charge on any atom is 0.472 e. The molecule has 7 rings (SSSR count). The lowest BCUT2D eigenvalue weighted by atomic mass is 10.0. The van der Waals surface area contributed by atoms with Crippen LogP contribution in [0.25, 0.3) is 22.3 Å². The van der Waals surface area contributed by atoms with Gasteiger partial charge in [0.2, 0.25) is 11.9 Å². The zero-order chi connectivity index (χ0) is 33.4. The van der Waals surface area contributed by atoms with Crippen LogP contribution in [0.1, 0.15) is 32.7 Å². The van der Waals surface area contributed by atoms with Crippen LogP contribution in [0.5, 0.6) is 0 Å². The highest BCUT2D eigenvalue weighted by Crippen LogP contribution is 2.54. The summed E-state index contributed by atoms with van der Waals surface area (Å²) < 4.78 is 63.4. The van der Waals surface area contributed by atoms with Crippen molar-refractivity contribution < 1.29 is 46.5 Å². The van der Waals surface area contributed by atoms with Crippen molar-refractivity contribution in [3.8, 4) is 0 Å². The maximum atomic E-state index is 13.3. The predicted octanol–water partition coefficient (Wildman–Crippen LogP) is -0.108. The molecule has 0 amide bonds. The number of hydrogen-bond donors (Lipinski definition) is 6. The number of nitrogen functional groups attached to an aromatic ring is 2. The molecule has 0 radical (unpaired) electrons. The number of nitrogens with two attached hydrogens (primary N) is 2. The Kier molecular flexibility index (Phi) is 7.87. The molecule has 10 atom stereocenters. The van der Waals surface area contributed by atoms with E-state index in [1.54, 1.807) is 13.8 Å². The highest BCUT2D eigenvalue weighted by molar-refractivity contribution is 7.47. The number of ether oxygens (including phenoxy) is 2. The van der Waals surface area contributed by atoms with Crippen LogP contribution in [0.4, 0.5) is 11.9 Å². The van der Waals surface area contributed by atoms with Crippen LogP contribution in [-0.4, -0.2) is 86.5 Å². The summed E-state index contributed by atoms with van der Waals surface area (Å²) in [5, 5.41) is 0. The summed E-state index contributed by atoms with van der Waals surface area (Å²) in [6.45, 7) is 2.27. The van der Waals surface area contributed by atoms with Gasteiger partial charge < -0.3 is 30.7 Å². The van der Waals surface area contributed by atoms with Crippen LogP contribution in [0, 0.1) is 11.8 Å². The van der Waals surface area contributed by atoms with Crippen molar-refractivity contribution in [2.45, 2.75) is 57.1 Å². The minimum absolute atomic E-state index is 0.00989. The minimum atomic E-state index is -4.86. The zero-order valence-electron chi connectivity index (χ0n) is 24.6. The van der Waals surface area contributed by atoms with E-state index in [2.05, 4.69) is 29.9 Å². The fourth-order valence-electron chi connectivity index (χ4n) is 6.17. The largest absolute Gasteiger partial charge is 0.472 e. The predicted molar refractivity (Wildman–Crippen MR) is 157 cm³/mol. The Morgan fingerprint density at radius 2 is 1.28 bits per heavy atom. The van der Waals surface area contributed by atoms with Gasteiger partial charge in [-0.1, -0.05) is 13.8 Å². The number of phosphoric acid groups is 2. The van der Waals surface area contributed by atoms with Crippen molar-refractivity contribution >= 4 is 49.9 Å². The molecule has 3 fully saturated rings. The number of phosphoric ester groups is 2. The molecule has 3 aliphatic heterocycles. The lowest BCUT2D eigenvalue weighted by molar-refractivity contribution is -0.0480. The number of aromatic amines is 2. The molecule has 0 saturated carbocycles. The summed E-state index contributed by atoms with van der Waals surface area (Å²) in [6.07, 6.45) is -3.92. The summed E-state index contributed by atoms with van der Waals surface area (Å²) >= 11 is 0. The van der Waals surface area contributed by atoms with E-state index < -0.39 is 88.7 Å². The molecule has 4 aromatic rings. The highest BCUT2D eigenvalue weighted by Gasteiger charge is 2.51. The van der Waals surface area contributed by atoms with Crippen LogP contribution >= 0.6 is 15.6 Å². The van der Waals surface area contributed by atoms with Crippen LogP contribution in [0.15, 0.2) is 22.2 Å². The molecule has 22 nitrogen and oxygen atoms in total. The summed E-state index contributed by atoms with van der Waals surface area (Å²) in [4.78, 5) is 67.3. The highest BCUT2D eigenvalue weighted by atomic mass is 31.2. The number of nitrogens with one attached hydrogen (secondary N) is 2. The summed E-state index contributed by atoms with van der Waals surface area (Å²) in [5.41, 5.74) is 10.4. The molecular formula is C23H30N10O12P2. The van der Waals surface area contributed by atoms with E-state index in [0.717, 1.165) is 0 Å². The topological polar surface area (TPSA) is 309 Å². The van der Waals surface area contributed by atoms with Gasteiger partial charge in [-0.15, -0.1) is 0 Å². The van der Waals surface area contributed by atoms with Crippen LogP contribution in [0.2, 0.25) is 0 Å². The van der Waals surface area contributed by atoms with Crippen LogP contribution in [0.3, 0.4) is 0 Å². The Hall–Kier alpha value is -3.56. The number of imidazole rings is 2. The lowest BCUT2D eigenvalue weighted by Gasteiger charge is -2.25. The van der Waals surface area contributed by atoms with Crippen molar-refractivity contribution in [1.29, 1.82) is 0 Å². The minimum Gasteiger partial charge on any atom is -0.369 e. The van der Waals surface area contributed by atoms with Gasteiger partial charge in [0, 0.05) is 18.3 Å². The monoisotopic (exact) mass is 700 g/mol. The summed E-state index contributed by atoms with van der Waals surface area (Å²) in [7, 11) is -9.63. The first kappa shape index (κ1) is 32.0. The van der Waals surface area contributed by atoms with E-state index in [0.29, 0.717) is 0 Å². The number of rotatable bonds is 2. The molecule has 0 aromatic carbocycles. The number of hydrogen-bond acceptors (Lipinski definition) is 16. The van der Waals surface area contributed by atoms with Crippen LogP contribution < -0.4 is 22.6 Å². The molecule has 3 saturated heterocycles. The molecule has 0 bridgehead atoms. The summed E-state index contributed by atoms with van der Waals surface area (Å²) in [5.74, 6) is -1.75. The lowest BCUT2D eigenvalue weighted by Crippen LogP contribution is -2.32. The van der Waals surface area contributed by atoms with Crippen molar-refractivity contribution in [2.24, 2.45) is 11.8 Å². The SMILES string of the molecule is C[C@H]1C2OP(=O)(O)OC[C@H]3O[C@@H](n4cnc5c(=O)[nH]c(N)nc54)[C@@H](C)C3OP(=O)(O)OCC[C@H]2O[C@H]1n1cnc2c(=O)[nH]c(N)nc21. The molecule has 4 unspecified atom stereocenters. The van der Waals surface area contributed by atoms with Gasteiger partial charge in [-0.25, -0.2) is 19.1 Å². The molecule has 8 N–H and O–H groups in total. The standard InChI is InChI=1S/C23H30N10O12P2/c1-8-14-10(42-20(8)32-6-26-12-16(32)28-22(24)30-18(12)34)3-4-40-46(36,37)45-15-9(2)21(43-11(15)5-41-47(38,39)44-14)33-7-27-13-17(33)29-23(25)31-19(13)35/h6-11,14-15,20-21H,3-5H2,1-2H3,(H,36,37)(H,38,39)(H3,24,28,30,34)(H3,25,29,31,35)/t8-,9-,10+,11+,14?,15?,20+,21+/m0/s1. The van der Waals surface area contributed by atoms with E-state index in [4.69, 9.17) is 39.0 Å². The molecule has 47 heavy (non-hydrogen) atoms. The second-order valence-electron chi connectivity index (χ2n) is 11.4. The fourth-order valence-corrected chi connectivity index (χ4v) is 8.24. The molecule has 0 aliphatic carbocycles. The Labute approximate surface area is 262 Å². The third-order valence-corrected chi connectivity index (χ3v) is 10.3. The molecule has 3 aliphatic rings. The van der Waals surface area contributed by atoms with E-state index in [9.17, 15) is 28.5 Å². The van der Waals surface area contributed by atoms with Crippen molar-refractivity contribution in [3.05, 3.63) is 33.4 Å². The van der Waals surface area contributed by atoms with Crippen molar-refractivity contribution in [1.82, 2.24) is 39.0 Å². The molecule has 7 heterocycles. The first-order chi connectivity index (χ1) is 22.2. The van der Waals surface area contributed by atoms with Crippen molar-refractivity contribution in [3.63, 3.8) is 0 Å². The molecule has 0 spiro atoms. The van der Waals surface area contributed by atoms with Gasteiger partial charge in [0.15, 0.2) is 22.3 Å². The number of aromatic nitrogens is 8. The van der Waals surface area contributed by atoms with Gasteiger partial charge in [-0.2, -0.15) is 9.97 Å². The zero-order valence-corrected chi connectivity index (χ0v) is 26.4. The molecule has 4 aromatic heterocycles. The van der Waals surface area contributed by atoms with E-state index in [1.807, 2.05) is 0 Å². The average Bonchev–Trinajstić information content (AvgIpc) is 3.73. The van der Waals surface area contributed by atoms with E-state index in [1.165, 1.54) is 21.8 Å². The van der Waals surface area contributed by atoms with E-state index >= 15 is 0 Å². The van der Waals surface area contributed by atoms with E-state index in [-0.39, 0.29) is 40.6 Å². The number of anilines is 2.